The van der Waals surface area contributed by atoms with Crippen LogP contribution in [0.4, 0.5) is 70.6 Å². The number of carbonyl (C=O) groups is 2. The van der Waals surface area contributed by atoms with Crippen LogP contribution in [0.2, 0.25) is 0 Å². The Morgan fingerprint density at radius 2 is 1.13 bits per heavy atom. The van der Waals surface area contributed by atoms with Crippen LogP contribution in [0.25, 0.3) is 11.1 Å². The second kappa shape index (κ2) is 36.3. The summed E-state index contributed by atoms with van der Waals surface area (Å²) in [7, 11) is -0.556. The summed E-state index contributed by atoms with van der Waals surface area (Å²) in [5.41, 5.74) is 16.5. The van der Waals surface area contributed by atoms with E-state index in [4.69, 9.17) is 39.7 Å². The number of nitrogen functional groups attached to an aromatic ring is 2. The van der Waals surface area contributed by atoms with Crippen LogP contribution >= 0.6 is 36.1 Å². The molecule has 0 spiro atoms. The third kappa shape index (κ3) is 26.2. The highest BCUT2D eigenvalue weighted by molar-refractivity contribution is 14.1. The summed E-state index contributed by atoms with van der Waals surface area (Å²) >= 11 is 2.23. The second-order valence-electron chi connectivity index (χ2n) is 23.3. The van der Waals surface area contributed by atoms with Crippen LogP contribution in [0.3, 0.4) is 0 Å². The monoisotopic (exact) mass is 1390 g/mol. The van der Waals surface area contributed by atoms with E-state index in [1.165, 1.54) is 9.80 Å². The van der Waals surface area contributed by atoms with Gasteiger partial charge in [0.15, 0.2) is 0 Å². The first-order valence-electron chi connectivity index (χ1n) is 30.4. The van der Waals surface area contributed by atoms with E-state index in [2.05, 4.69) is 53.8 Å². The summed E-state index contributed by atoms with van der Waals surface area (Å²) in [6, 6.07) is 18.4. The molecule has 8 N–H and O–H groups in total. The minimum Gasteiger partial charge on any atom is -0.399 e. The largest absolute Gasteiger partial charge is 0.495 e. The lowest BCUT2D eigenvalue weighted by atomic mass is 9.76. The molecule has 1 unspecified atom stereocenters. The van der Waals surface area contributed by atoms with Crippen molar-refractivity contribution in [1.29, 1.82) is 0 Å². The molecular weight excluding hydrogens is 1300 g/mol. The number of carbonyl (C=O) groups excluding carboxylic acids is 2. The molecule has 4 amide bonds. The summed E-state index contributed by atoms with van der Waals surface area (Å²) in [6.07, 6.45) is -5.39. The van der Waals surface area contributed by atoms with Gasteiger partial charge in [-0.15, -0.1) is 0 Å². The molecular formula is C62H94BF6IN10O8S. The number of hydrogen-bond acceptors (Lipinski definition) is 14. The minimum absolute atomic E-state index is 0. The molecule has 27 heteroatoms. The molecule has 2 aromatic heterocycles. The molecule has 89 heavy (non-hydrogen) atoms. The third-order valence-corrected chi connectivity index (χ3v) is 16.2. The molecule has 9 rings (SSSR count). The van der Waals surface area contributed by atoms with Gasteiger partial charge in [-0.05, 0) is 213 Å². The number of ether oxygens (including phenoxy) is 4. The molecule has 498 valence electrons. The molecule has 5 fully saturated rings. The number of alkyl halides is 6. The highest BCUT2D eigenvalue weighted by atomic mass is 127. The zero-order valence-electron chi connectivity index (χ0n) is 53.2. The number of urea groups is 2. The number of nitrogens with zero attached hydrogens (tertiary/aromatic N) is 4. The number of hydrogen-bond donors (Lipinski definition) is 6. The van der Waals surface area contributed by atoms with Gasteiger partial charge in [-0.3, -0.25) is 0 Å². The van der Waals surface area contributed by atoms with Crippen LogP contribution in [0.1, 0.15) is 118 Å². The van der Waals surface area contributed by atoms with Crippen LogP contribution in [0.15, 0.2) is 60.7 Å². The maximum Gasteiger partial charge on any atom is 0.495 e. The molecule has 0 radical (unpaired) electrons. The second-order valence-corrected chi connectivity index (χ2v) is 24.5. The van der Waals surface area contributed by atoms with Gasteiger partial charge in [-0.2, -0.15) is 39.8 Å². The molecule has 2 aromatic carbocycles. The molecule has 0 aliphatic carbocycles. The van der Waals surface area contributed by atoms with Crippen molar-refractivity contribution in [2.24, 2.45) is 11.8 Å². The Morgan fingerprint density at radius 3 is 1.61 bits per heavy atom. The van der Waals surface area contributed by atoms with Crippen molar-refractivity contribution in [2.45, 2.75) is 156 Å². The Morgan fingerprint density at radius 1 is 0.652 bits per heavy atom. The topological polar surface area (TPSA) is 222 Å². The zero-order valence-corrected chi connectivity index (χ0v) is 56.3. The fourth-order valence-corrected chi connectivity index (χ4v) is 10.9. The highest BCUT2D eigenvalue weighted by Gasteiger charge is 2.52. The average molecular weight is 1390 g/mol. The Kier molecular flexibility index (Phi) is 31.1. The predicted molar refractivity (Wildman–Crippen MR) is 355 cm³/mol. The van der Waals surface area contributed by atoms with Gasteiger partial charge in [-0.25, -0.2) is 19.6 Å². The van der Waals surface area contributed by atoms with Crippen molar-refractivity contribution in [3.8, 4) is 11.1 Å². The van der Waals surface area contributed by atoms with Gasteiger partial charge in [0.25, 0.3) is 0 Å². The van der Waals surface area contributed by atoms with Crippen molar-refractivity contribution < 1.29 is 64.2 Å². The fraction of sp³-hybridized carbons (Fsp3) is 0.613. The highest BCUT2D eigenvalue weighted by Crippen LogP contribution is 2.38. The number of pyridine rings is 2. The maximum absolute atomic E-state index is 12.7. The summed E-state index contributed by atoms with van der Waals surface area (Å²) in [5.74, 6) is 1.37. The van der Waals surface area contributed by atoms with Crippen LogP contribution in [0, 0.1) is 29.3 Å². The number of anilines is 6. The van der Waals surface area contributed by atoms with Crippen molar-refractivity contribution in [1.82, 2.24) is 19.8 Å². The predicted octanol–water partition coefficient (Wildman–Crippen LogP) is 13.2. The minimum atomic E-state index is -4.21. The van der Waals surface area contributed by atoms with Gasteiger partial charge < -0.3 is 70.8 Å². The molecule has 4 aromatic rings. The lowest BCUT2D eigenvalue weighted by Crippen LogP contribution is -2.41. The maximum atomic E-state index is 12.7. The molecule has 5 saturated heterocycles. The SMILES string of the molecule is CCOCC.CCOCC.Cc1ccc(NC(=O)N2CC[C@@H](CC(F)(F)F)C2)cc1-c1cc(N)nc(NC2CCOCC2)c1.Cc1ccc(NC(=O)N2CC[C@@H](CC(F)(F)F)C2)cc1B1OC(C)(C)C(C)(C)O1.Nc1cc(I)cc(NC2CCCOC2)n1.S. The Labute approximate surface area is 542 Å². The van der Waals surface area contributed by atoms with Crippen molar-refractivity contribution in [3.63, 3.8) is 0 Å². The van der Waals surface area contributed by atoms with E-state index >= 15 is 0 Å². The molecule has 0 bridgehead atoms. The molecule has 5 aliphatic rings. The van der Waals surface area contributed by atoms with Crippen LogP contribution in [-0.4, -0.2) is 154 Å². The van der Waals surface area contributed by atoms with Gasteiger partial charge in [0.1, 0.15) is 23.3 Å². The van der Waals surface area contributed by atoms with Crippen molar-refractivity contribution >= 4 is 95.4 Å². The van der Waals surface area contributed by atoms with E-state index in [0.717, 1.165) is 102 Å². The smallest absolute Gasteiger partial charge is 0.399 e. The molecule has 3 atom stereocenters. The Bertz CT molecular complexity index is 2770. The number of likely N-dealkylation sites (tertiary alicyclic amines) is 2. The van der Waals surface area contributed by atoms with E-state index in [-0.39, 0.29) is 32.6 Å². The number of aromatic nitrogens is 2. The number of rotatable bonds is 14. The van der Waals surface area contributed by atoms with Crippen LogP contribution in [0.5, 0.6) is 0 Å². The van der Waals surface area contributed by atoms with Crippen molar-refractivity contribution in [2.75, 3.05) is 112 Å². The number of nitrogens with one attached hydrogen (secondary N) is 4. The van der Waals surface area contributed by atoms with Gasteiger partial charge in [0.05, 0.1) is 23.9 Å². The quantitative estimate of drug-likeness (QED) is 0.0393. The van der Waals surface area contributed by atoms with E-state index in [1.807, 2.05) is 106 Å². The van der Waals surface area contributed by atoms with Gasteiger partial charge in [0.2, 0.25) is 0 Å². The van der Waals surface area contributed by atoms with Gasteiger partial charge in [0, 0.05) is 106 Å². The first kappa shape index (κ1) is 76.4. The lowest BCUT2D eigenvalue weighted by Gasteiger charge is -2.32. The number of amides is 4. The van der Waals surface area contributed by atoms with E-state index in [1.54, 1.807) is 24.3 Å². The number of aryl methyl sites for hydroxylation is 2. The molecule has 5 aliphatic heterocycles. The molecule has 7 heterocycles. The average Bonchev–Trinajstić information content (AvgIpc) is 2.62. The van der Waals surface area contributed by atoms with E-state index in [9.17, 15) is 35.9 Å². The first-order chi connectivity index (χ1) is 41.5. The van der Waals surface area contributed by atoms with Gasteiger partial charge >= 0.3 is 31.5 Å². The molecule has 18 nitrogen and oxygen atoms in total. The fourth-order valence-electron chi connectivity index (χ4n) is 10.3. The van der Waals surface area contributed by atoms with Crippen LogP contribution < -0.4 is 38.2 Å². The zero-order chi connectivity index (χ0) is 64.8. The number of halogens is 7. The normalized spacial score (nSPS) is 19.6. The standard InChI is InChI=1S/C24H30F3N5O2.C20H28BF3N2O3.C10H14IN3O.2C4H10O.H2S/c1-15-2-3-19(30-23(33)32-7-4-16(14-32)13-24(25,26)27)12-20(15)17-10-21(28)31-22(11-17)29-18-5-8-34-9-6-18;1-13-6-7-15(10-16(13)21-28-18(2,3)19(4,5)29-21)25-17(27)26-9-8-14(12-26)11-20(22,23)24;11-7-4-9(12)14-10(5-7)13-8-2-1-3-15-6-8;2*1-3-5-4-2;/h2-3,10-12,16,18H,4-9,13-14H2,1H3,(H,30,33)(H3,28,29,31);6-7,10,14H,8-9,11-12H2,1-5H3,(H,25,27);4-5,8H,1-3,6H2,(H3,12,13,14);2*3-4H2,1-2H3;1H2/t16-;14-;;;;/m00..../s1. The summed E-state index contributed by atoms with van der Waals surface area (Å²) in [4.78, 5) is 36.7. The Balaban J connectivity index is 0.000000276. The number of nitrogens with two attached hydrogens (primary N) is 2. The van der Waals surface area contributed by atoms with E-state index < -0.39 is 67.4 Å². The summed E-state index contributed by atoms with van der Waals surface area (Å²) < 4.78 is 110. The third-order valence-electron chi connectivity index (χ3n) is 15.6. The first-order valence-corrected chi connectivity index (χ1v) is 31.5. The summed E-state index contributed by atoms with van der Waals surface area (Å²) in [5, 5.41) is 12.4. The summed E-state index contributed by atoms with van der Waals surface area (Å²) in [6.45, 7) is 27.0. The van der Waals surface area contributed by atoms with Crippen LogP contribution in [-0.2, 0) is 28.3 Å². The van der Waals surface area contributed by atoms with E-state index in [0.29, 0.717) is 74.0 Å². The van der Waals surface area contributed by atoms with Crippen molar-refractivity contribution in [3.05, 3.63) is 75.4 Å². The van der Waals surface area contributed by atoms with Gasteiger partial charge in [-0.1, -0.05) is 17.7 Å². The molecule has 0 saturated carbocycles. The Hall–Kier alpha value is -5.04. The number of benzene rings is 2. The lowest BCUT2D eigenvalue weighted by molar-refractivity contribution is -0.144.